The Kier molecular flexibility index (Phi) is 4.59. The van der Waals surface area contributed by atoms with E-state index in [0.29, 0.717) is 24.4 Å². The van der Waals surface area contributed by atoms with E-state index in [1.165, 1.54) is 23.0 Å². The molecule has 6 heteroatoms. The van der Waals surface area contributed by atoms with Gasteiger partial charge in [-0.05, 0) is 42.8 Å². The molecule has 0 atom stereocenters. The standard InChI is InChI=1S/C20H21N3O2S/c1-14-3-2-4-16(11-14)22-7-9-23(10-8-22)20(25)15-5-6-18-17(12-15)21-19(24)13-26-18/h2-6,11-12H,7-10,13H2,1H3,(H,21,24). The van der Waals surface area contributed by atoms with Gasteiger partial charge in [-0.25, -0.2) is 0 Å². The Hall–Kier alpha value is -2.47. The van der Waals surface area contributed by atoms with Gasteiger partial charge in [-0.3, -0.25) is 9.59 Å². The lowest BCUT2D eigenvalue weighted by atomic mass is 10.1. The van der Waals surface area contributed by atoms with Crippen molar-refractivity contribution in [1.82, 2.24) is 4.90 Å². The lowest BCUT2D eigenvalue weighted by Crippen LogP contribution is -2.48. The second-order valence-electron chi connectivity index (χ2n) is 6.67. The molecule has 1 saturated heterocycles. The highest BCUT2D eigenvalue weighted by Crippen LogP contribution is 2.32. The second-order valence-corrected chi connectivity index (χ2v) is 7.68. The molecule has 1 fully saturated rings. The zero-order valence-corrected chi connectivity index (χ0v) is 15.5. The maximum absolute atomic E-state index is 12.9. The number of piperazine rings is 1. The average molecular weight is 367 g/mol. The number of benzene rings is 2. The molecule has 2 aromatic carbocycles. The number of fused-ring (bicyclic) bond motifs is 1. The number of nitrogens with zero attached hydrogens (tertiary/aromatic N) is 2. The fourth-order valence-corrected chi connectivity index (χ4v) is 4.18. The Bertz CT molecular complexity index is 860. The van der Waals surface area contributed by atoms with Crippen molar-refractivity contribution in [3.8, 4) is 0 Å². The molecule has 5 nitrogen and oxygen atoms in total. The molecule has 0 spiro atoms. The first-order valence-corrected chi connectivity index (χ1v) is 9.76. The summed E-state index contributed by atoms with van der Waals surface area (Å²) in [5.74, 6) is 0.446. The zero-order chi connectivity index (χ0) is 18.1. The number of aryl methyl sites for hydroxylation is 1. The fraction of sp³-hybridized carbons (Fsp3) is 0.300. The largest absolute Gasteiger partial charge is 0.368 e. The summed E-state index contributed by atoms with van der Waals surface area (Å²) in [6.07, 6.45) is 0. The van der Waals surface area contributed by atoms with E-state index in [4.69, 9.17) is 0 Å². The SMILES string of the molecule is Cc1cccc(N2CCN(C(=O)c3ccc4c(c3)NC(=O)CS4)CC2)c1. The predicted octanol–water partition coefficient (Wildman–Crippen LogP) is 3.00. The highest BCUT2D eigenvalue weighted by atomic mass is 32.2. The van der Waals surface area contributed by atoms with Crippen LogP contribution in [-0.2, 0) is 4.79 Å². The zero-order valence-electron chi connectivity index (χ0n) is 14.7. The molecular formula is C20H21N3O2S. The summed E-state index contributed by atoms with van der Waals surface area (Å²) >= 11 is 1.51. The van der Waals surface area contributed by atoms with E-state index < -0.39 is 0 Å². The smallest absolute Gasteiger partial charge is 0.254 e. The summed E-state index contributed by atoms with van der Waals surface area (Å²) in [6.45, 7) is 5.14. The number of carbonyl (C=O) groups is 2. The quantitative estimate of drug-likeness (QED) is 0.887. The average Bonchev–Trinajstić information content (AvgIpc) is 2.67. The minimum absolute atomic E-state index is 0.0149. The molecule has 2 aliphatic rings. The van der Waals surface area contributed by atoms with Gasteiger partial charge in [0.2, 0.25) is 5.91 Å². The van der Waals surface area contributed by atoms with Crippen molar-refractivity contribution in [3.63, 3.8) is 0 Å². The summed E-state index contributed by atoms with van der Waals surface area (Å²) in [4.78, 5) is 29.7. The number of nitrogens with one attached hydrogen (secondary N) is 1. The predicted molar refractivity (Wildman–Crippen MR) is 105 cm³/mol. The molecule has 0 radical (unpaired) electrons. The van der Waals surface area contributed by atoms with Gasteiger partial charge in [0.05, 0.1) is 11.4 Å². The Balaban J connectivity index is 1.44. The van der Waals surface area contributed by atoms with Gasteiger partial charge >= 0.3 is 0 Å². The lowest BCUT2D eigenvalue weighted by Gasteiger charge is -2.36. The number of hydrogen-bond donors (Lipinski definition) is 1. The third kappa shape index (κ3) is 3.42. The van der Waals surface area contributed by atoms with Crippen molar-refractivity contribution < 1.29 is 9.59 Å². The van der Waals surface area contributed by atoms with Gasteiger partial charge in [0.25, 0.3) is 5.91 Å². The van der Waals surface area contributed by atoms with Crippen LogP contribution in [0.15, 0.2) is 47.4 Å². The third-order valence-corrected chi connectivity index (χ3v) is 5.87. The van der Waals surface area contributed by atoms with Crippen molar-refractivity contribution in [2.24, 2.45) is 0 Å². The highest BCUT2D eigenvalue weighted by Gasteiger charge is 2.24. The number of rotatable bonds is 2. The molecule has 0 aromatic heterocycles. The van der Waals surface area contributed by atoms with Gasteiger partial charge in [0, 0.05) is 42.3 Å². The Labute approximate surface area is 157 Å². The molecule has 0 aliphatic carbocycles. The van der Waals surface area contributed by atoms with Crippen LogP contribution in [0.2, 0.25) is 0 Å². The van der Waals surface area contributed by atoms with E-state index in [-0.39, 0.29) is 11.8 Å². The normalized spacial score (nSPS) is 16.9. The minimum Gasteiger partial charge on any atom is -0.368 e. The van der Waals surface area contributed by atoms with Crippen molar-refractivity contribution in [3.05, 3.63) is 53.6 Å². The molecule has 0 saturated carbocycles. The summed E-state index contributed by atoms with van der Waals surface area (Å²) in [5, 5.41) is 2.85. The third-order valence-electron chi connectivity index (χ3n) is 4.79. The van der Waals surface area contributed by atoms with Gasteiger partial charge in [-0.15, -0.1) is 11.8 Å². The van der Waals surface area contributed by atoms with Gasteiger partial charge in [-0.1, -0.05) is 12.1 Å². The van der Waals surface area contributed by atoms with Gasteiger partial charge in [0.1, 0.15) is 0 Å². The molecule has 2 aromatic rings. The number of thioether (sulfide) groups is 1. The van der Waals surface area contributed by atoms with Gasteiger partial charge in [0.15, 0.2) is 0 Å². The van der Waals surface area contributed by atoms with Gasteiger partial charge < -0.3 is 15.1 Å². The van der Waals surface area contributed by atoms with Crippen LogP contribution in [0.25, 0.3) is 0 Å². The van der Waals surface area contributed by atoms with E-state index in [1.807, 2.05) is 17.0 Å². The Morgan fingerprint density at radius 2 is 1.88 bits per heavy atom. The van der Waals surface area contributed by atoms with Crippen LogP contribution in [0.3, 0.4) is 0 Å². The van der Waals surface area contributed by atoms with E-state index >= 15 is 0 Å². The van der Waals surface area contributed by atoms with Crippen molar-refractivity contribution in [2.75, 3.05) is 42.1 Å². The van der Waals surface area contributed by atoms with Crippen LogP contribution in [0, 0.1) is 6.92 Å². The molecule has 134 valence electrons. The molecule has 2 amide bonds. The van der Waals surface area contributed by atoms with E-state index in [1.54, 1.807) is 6.07 Å². The minimum atomic E-state index is -0.0149. The van der Waals surface area contributed by atoms with Crippen LogP contribution in [0.4, 0.5) is 11.4 Å². The summed E-state index contributed by atoms with van der Waals surface area (Å²) in [7, 11) is 0. The topological polar surface area (TPSA) is 52.6 Å². The lowest BCUT2D eigenvalue weighted by molar-refractivity contribution is -0.113. The van der Waals surface area contributed by atoms with Crippen molar-refractivity contribution in [1.29, 1.82) is 0 Å². The molecule has 26 heavy (non-hydrogen) atoms. The van der Waals surface area contributed by atoms with Crippen LogP contribution >= 0.6 is 11.8 Å². The number of carbonyl (C=O) groups excluding carboxylic acids is 2. The molecule has 1 N–H and O–H groups in total. The summed E-state index contributed by atoms with van der Waals surface area (Å²) in [5.41, 5.74) is 3.84. The maximum atomic E-state index is 12.9. The number of anilines is 2. The first kappa shape index (κ1) is 17.0. The summed E-state index contributed by atoms with van der Waals surface area (Å²) in [6, 6.07) is 14.1. The Morgan fingerprint density at radius 3 is 2.65 bits per heavy atom. The van der Waals surface area contributed by atoms with Gasteiger partial charge in [-0.2, -0.15) is 0 Å². The monoisotopic (exact) mass is 367 g/mol. The summed E-state index contributed by atoms with van der Waals surface area (Å²) < 4.78 is 0. The molecule has 0 unspecified atom stereocenters. The maximum Gasteiger partial charge on any atom is 0.254 e. The molecule has 4 rings (SSSR count). The molecule has 2 aliphatic heterocycles. The van der Waals surface area contributed by atoms with E-state index in [9.17, 15) is 9.59 Å². The second kappa shape index (κ2) is 7.03. The molecule has 0 bridgehead atoms. The number of hydrogen-bond acceptors (Lipinski definition) is 4. The first-order chi connectivity index (χ1) is 12.6. The van der Waals surface area contributed by atoms with E-state index in [2.05, 4.69) is 41.4 Å². The van der Waals surface area contributed by atoms with Crippen LogP contribution < -0.4 is 10.2 Å². The van der Waals surface area contributed by atoms with Crippen LogP contribution in [-0.4, -0.2) is 48.6 Å². The highest BCUT2D eigenvalue weighted by molar-refractivity contribution is 8.00. The number of amides is 2. The molecule has 2 heterocycles. The fourth-order valence-electron chi connectivity index (χ4n) is 3.39. The molecular weight excluding hydrogens is 346 g/mol. The Morgan fingerprint density at radius 1 is 1.08 bits per heavy atom. The first-order valence-electron chi connectivity index (χ1n) is 8.78. The van der Waals surface area contributed by atoms with E-state index in [0.717, 1.165) is 23.7 Å². The van der Waals surface area contributed by atoms with Crippen LogP contribution in [0.5, 0.6) is 0 Å². The van der Waals surface area contributed by atoms with Crippen LogP contribution in [0.1, 0.15) is 15.9 Å². The van der Waals surface area contributed by atoms with Crippen molar-refractivity contribution >= 4 is 35.0 Å². The van der Waals surface area contributed by atoms with Crippen molar-refractivity contribution in [2.45, 2.75) is 11.8 Å².